The smallest absolute Gasteiger partial charge is 0.303 e. The van der Waals surface area contributed by atoms with Crippen LogP contribution in [0.1, 0.15) is 52.7 Å². The molecule has 0 aromatic rings. The second-order valence-corrected chi connectivity index (χ2v) is 3.24. The van der Waals surface area contributed by atoms with Gasteiger partial charge in [-0.1, -0.05) is 25.7 Å². The Morgan fingerprint density at radius 1 is 0.857 bits per heavy atom. The van der Waals surface area contributed by atoms with Crippen molar-refractivity contribution in [3.8, 4) is 0 Å². The molecule has 0 radical (unpaired) electrons. The summed E-state index contributed by atoms with van der Waals surface area (Å²) >= 11 is 0. The Kier molecular flexibility index (Phi) is 6.72. The van der Waals surface area contributed by atoms with Gasteiger partial charge in [-0.25, -0.2) is 0 Å². The maximum atomic E-state index is 10.3. The first-order chi connectivity index (χ1) is 7.04. The number of carboxylic acids is 2. The van der Waals surface area contributed by atoms with Crippen LogP contribution in [-0.2, 0) is 9.59 Å². The van der Waals surface area contributed by atoms with Gasteiger partial charge < -0.3 is 10.2 Å². The molecule has 1 unspecified atom stereocenters. The Labute approximate surface area is 85.3 Å². The zero-order valence-corrected chi connectivity index (χ0v) is 8.24. The van der Waals surface area contributed by atoms with Crippen LogP contribution in [0.25, 0.3) is 0 Å². The van der Waals surface area contributed by atoms with E-state index in [0.29, 0.717) is 12.8 Å². The fraction of sp³-hybridized carbons (Fsp3) is 0.800. The summed E-state index contributed by atoms with van der Waals surface area (Å²) in [6, 6.07) is 0. The maximum absolute atomic E-state index is 10.3. The molecular formula is C10H18O4. The van der Waals surface area contributed by atoms with Gasteiger partial charge in [0.15, 0.2) is 0 Å². The molecule has 4 heteroatoms. The van der Waals surface area contributed by atoms with Crippen molar-refractivity contribution >= 4 is 11.9 Å². The number of carbonyl (C=O) groups is 2. The van der Waals surface area contributed by atoms with Crippen molar-refractivity contribution in [1.29, 1.82) is 0 Å². The van der Waals surface area contributed by atoms with E-state index in [4.69, 9.17) is 11.6 Å². The first-order valence-electron chi connectivity index (χ1n) is 5.48. The number of unbranched alkanes of at least 4 members (excludes halogenated alkanes) is 4. The minimum absolute atomic E-state index is 0.205. The molecule has 0 amide bonds. The molecule has 0 aromatic carbocycles. The van der Waals surface area contributed by atoms with Gasteiger partial charge in [-0.15, -0.1) is 0 Å². The van der Waals surface area contributed by atoms with Crippen molar-refractivity contribution in [2.45, 2.75) is 51.3 Å². The van der Waals surface area contributed by atoms with Crippen LogP contribution in [0.2, 0.25) is 0 Å². The maximum Gasteiger partial charge on any atom is 0.303 e. The Morgan fingerprint density at radius 2 is 1.36 bits per heavy atom. The van der Waals surface area contributed by atoms with E-state index in [0.717, 1.165) is 25.7 Å². The van der Waals surface area contributed by atoms with E-state index >= 15 is 0 Å². The second kappa shape index (κ2) is 8.53. The fourth-order valence-corrected chi connectivity index (χ4v) is 1.18. The molecule has 0 bridgehead atoms. The van der Waals surface area contributed by atoms with Gasteiger partial charge in [0.1, 0.15) is 0 Å². The highest BCUT2D eigenvalue weighted by Crippen LogP contribution is 2.08. The normalized spacial score (nSPS) is 13.3. The molecule has 4 nitrogen and oxygen atoms in total. The molecule has 1 atom stereocenters. The lowest BCUT2D eigenvalue weighted by Crippen LogP contribution is -1.94. The quantitative estimate of drug-likeness (QED) is 0.564. The van der Waals surface area contributed by atoms with E-state index in [1.165, 1.54) is 0 Å². The third-order valence-corrected chi connectivity index (χ3v) is 1.91. The van der Waals surface area contributed by atoms with E-state index in [2.05, 4.69) is 0 Å². The summed E-state index contributed by atoms with van der Waals surface area (Å²) in [5.41, 5.74) is 0. The zero-order valence-electron chi connectivity index (χ0n) is 9.24. The highest BCUT2D eigenvalue weighted by molar-refractivity contribution is 5.66. The van der Waals surface area contributed by atoms with Crippen LogP contribution in [0.15, 0.2) is 0 Å². The van der Waals surface area contributed by atoms with Crippen molar-refractivity contribution in [3.63, 3.8) is 0 Å². The van der Waals surface area contributed by atoms with E-state index < -0.39 is 18.3 Å². The molecule has 0 spiro atoms. The number of hydrogen-bond acceptors (Lipinski definition) is 2. The average molecular weight is 203 g/mol. The average Bonchev–Trinajstić information content (AvgIpc) is 2.15. The summed E-state index contributed by atoms with van der Waals surface area (Å²) in [5, 5.41) is 16.8. The van der Waals surface area contributed by atoms with E-state index in [-0.39, 0.29) is 6.42 Å². The molecule has 0 saturated carbocycles. The minimum atomic E-state index is -1.07. The molecule has 0 aromatic heterocycles. The van der Waals surface area contributed by atoms with Crippen molar-refractivity contribution in [2.75, 3.05) is 0 Å². The third-order valence-electron chi connectivity index (χ3n) is 1.91. The van der Waals surface area contributed by atoms with Crippen LogP contribution in [0.5, 0.6) is 0 Å². The number of hydrogen-bond donors (Lipinski definition) is 2. The van der Waals surface area contributed by atoms with Crippen LogP contribution in [-0.4, -0.2) is 22.2 Å². The van der Waals surface area contributed by atoms with Gasteiger partial charge in [0.25, 0.3) is 0 Å². The van der Waals surface area contributed by atoms with Crippen molar-refractivity contribution in [1.82, 2.24) is 0 Å². The van der Waals surface area contributed by atoms with Gasteiger partial charge in [0, 0.05) is 14.2 Å². The highest BCUT2D eigenvalue weighted by atomic mass is 16.4. The molecule has 0 fully saturated rings. The van der Waals surface area contributed by atoms with Crippen LogP contribution < -0.4 is 0 Å². The summed E-state index contributed by atoms with van der Waals surface area (Å²) in [6.07, 6.45) is 3.64. The van der Waals surface area contributed by atoms with Gasteiger partial charge in [0.2, 0.25) is 0 Å². The molecule has 14 heavy (non-hydrogen) atoms. The largest absolute Gasteiger partial charge is 0.481 e. The summed E-state index contributed by atoms with van der Waals surface area (Å²) in [5.74, 6) is -1.84. The third kappa shape index (κ3) is 10.9. The van der Waals surface area contributed by atoms with E-state index in [9.17, 15) is 9.59 Å². The molecular weight excluding hydrogens is 184 g/mol. The van der Waals surface area contributed by atoms with E-state index in [1.807, 2.05) is 0 Å². The number of carboxylic acid groups (broad SMARTS) is 2. The Hall–Kier alpha value is -1.06. The summed E-state index contributed by atoms with van der Waals surface area (Å²) in [6.45, 7) is 0. The predicted octanol–water partition coefficient (Wildman–Crippen LogP) is 2.28. The monoisotopic (exact) mass is 203 g/mol. The molecule has 82 valence electrons. The topological polar surface area (TPSA) is 74.6 Å². The van der Waals surface area contributed by atoms with Crippen molar-refractivity contribution in [3.05, 3.63) is 0 Å². The summed E-state index contributed by atoms with van der Waals surface area (Å²) in [4.78, 5) is 20.5. The van der Waals surface area contributed by atoms with Gasteiger partial charge in [0.05, 0.1) is 0 Å². The first-order valence-corrected chi connectivity index (χ1v) is 4.91. The van der Waals surface area contributed by atoms with Crippen molar-refractivity contribution < 1.29 is 21.2 Å². The molecule has 0 aliphatic rings. The number of aliphatic carboxylic acids is 2. The Bertz CT molecular complexity index is 206. The molecule has 0 aliphatic heterocycles. The van der Waals surface area contributed by atoms with Gasteiger partial charge in [-0.3, -0.25) is 9.59 Å². The SMILES string of the molecule is [2H]C(CCCCCCCC(=O)O)C(=O)O. The lowest BCUT2D eigenvalue weighted by Gasteiger charge is -1.98. The van der Waals surface area contributed by atoms with E-state index in [1.54, 1.807) is 0 Å². The second-order valence-electron chi connectivity index (χ2n) is 3.24. The highest BCUT2D eigenvalue weighted by Gasteiger charge is 1.98. The Balaban J connectivity index is 3.18. The summed E-state index contributed by atoms with van der Waals surface area (Å²) < 4.78 is 7.12. The standard InChI is InChI=1S/C10H18O4/c11-9(12)7-5-3-1-2-4-6-8-10(13)14/h1-8H2,(H,11,12)(H,13,14)/i7D. The van der Waals surface area contributed by atoms with Crippen molar-refractivity contribution in [2.24, 2.45) is 0 Å². The molecule has 0 rings (SSSR count). The zero-order chi connectivity index (χ0) is 11.7. The minimum Gasteiger partial charge on any atom is -0.481 e. The van der Waals surface area contributed by atoms with Gasteiger partial charge in [-0.05, 0) is 12.8 Å². The van der Waals surface area contributed by atoms with Crippen LogP contribution in [0.3, 0.4) is 0 Å². The lowest BCUT2D eigenvalue weighted by atomic mass is 10.1. The van der Waals surface area contributed by atoms with Crippen LogP contribution in [0.4, 0.5) is 0 Å². The molecule has 0 aliphatic carbocycles. The van der Waals surface area contributed by atoms with Gasteiger partial charge >= 0.3 is 11.9 Å². The first kappa shape index (κ1) is 11.0. The lowest BCUT2D eigenvalue weighted by molar-refractivity contribution is -0.138. The van der Waals surface area contributed by atoms with Gasteiger partial charge in [-0.2, -0.15) is 0 Å². The molecule has 0 heterocycles. The molecule has 0 saturated heterocycles. The molecule has 2 N–H and O–H groups in total. The fourth-order valence-electron chi connectivity index (χ4n) is 1.18. The van der Waals surface area contributed by atoms with Crippen LogP contribution >= 0.6 is 0 Å². The van der Waals surface area contributed by atoms with Crippen LogP contribution in [0, 0.1) is 0 Å². The number of rotatable bonds is 9. The summed E-state index contributed by atoms with van der Waals surface area (Å²) in [7, 11) is 0. The predicted molar refractivity (Wildman–Crippen MR) is 52.2 cm³/mol. The Morgan fingerprint density at radius 3 is 1.86 bits per heavy atom.